The third kappa shape index (κ3) is 2.03. The molecule has 2 N–H and O–H groups in total. The van der Waals surface area contributed by atoms with Gasteiger partial charge in [0, 0.05) is 17.4 Å². The smallest absolute Gasteiger partial charge is 0.142 e. The predicted molar refractivity (Wildman–Crippen MR) is 63.4 cm³/mol. The fourth-order valence-corrected chi connectivity index (χ4v) is 1.66. The number of halogens is 1. The lowest BCUT2D eigenvalue weighted by Gasteiger charge is -2.06. The van der Waals surface area contributed by atoms with E-state index >= 15 is 0 Å². The molecule has 0 radical (unpaired) electrons. The Kier molecular flexibility index (Phi) is 2.86. The maximum Gasteiger partial charge on any atom is 0.142 e. The van der Waals surface area contributed by atoms with Gasteiger partial charge in [0.25, 0.3) is 0 Å². The molecule has 16 heavy (non-hydrogen) atoms. The predicted octanol–water partition coefficient (Wildman–Crippen LogP) is 3.03. The highest BCUT2D eigenvalue weighted by Crippen LogP contribution is 2.23. The maximum atomic E-state index is 13.0. The third-order valence-electron chi connectivity index (χ3n) is 2.56. The van der Waals surface area contributed by atoms with Gasteiger partial charge in [-0.1, -0.05) is 13.0 Å². The van der Waals surface area contributed by atoms with Gasteiger partial charge >= 0.3 is 0 Å². The summed E-state index contributed by atoms with van der Waals surface area (Å²) in [5.41, 5.74) is 9.38. The first kappa shape index (κ1) is 10.6. The quantitative estimate of drug-likeness (QED) is 0.784. The Morgan fingerprint density at radius 2 is 2.00 bits per heavy atom. The van der Waals surface area contributed by atoms with Gasteiger partial charge in [-0.2, -0.15) is 0 Å². The van der Waals surface area contributed by atoms with Gasteiger partial charge in [-0.25, -0.2) is 4.39 Å². The largest absolute Gasteiger partial charge is 0.399 e. The average molecular weight is 216 g/mol. The SMILES string of the molecule is CCc1cc(-c2cncc(F)c2)ccc1N. The Morgan fingerprint density at radius 1 is 1.19 bits per heavy atom. The number of nitrogens with zero attached hydrogens (tertiary/aromatic N) is 1. The van der Waals surface area contributed by atoms with Crippen LogP contribution >= 0.6 is 0 Å². The zero-order chi connectivity index (χ0) is 11.5. The van der Waals surface area contributed by atoms with Crippen molar-refractivity contribution in [2.75, 3.05) is 5.73 Å². The minimum absolute atomic E-state index is 0.327. The summed E-state index contributed by atoms with van der Waals surface area (Å²) < 4.78 is 13.0. The molecule has 82 valence electrons. The molecule has 2 aromatic rings. The second kappa shape index (κ2) is 4.31. The van der Waals surface area contributed by atoms with Crippen molar-refractivity contribution >= 4 is 5.69 Å². The average Bonchev–Trinajstić information content (AvgIpc) is 2.29. The monoisotopic (exact) mass is 216 g/mol. The van der Waals surface area contributed by atoms with E-state index in [1.165, 1.54) is 12.3 Å². The molecule has 1 heterocycles. The van der Waals surface area contributed by atoms with E-state index in [0.717, 1.165) is 28.8 Å². The van der Waals surface area contributed by atoms with Crippen LogP contribution in [0.1, 0.15) is 12.5 Å². The molecule has 0 saturated carbocycles. The molecule has 0 saturated heterocycles. The van der Waals surface area contributed by atoms with Crippen LogP contribution in [0.5, 0.6) is 0 Å². The highest BCUT2D eigenvalue weighted by molar-refractivity contribution is 5.67. The summed E-state index contributed by atoms with van der Waals surface area (Å²) in [4.78, 5) is 3.83. The summed E-state index contributed by atoms with van der Waals surface area (Å²) in [5, 5.41) is 0. The van der Waals surface area contributed by atoms with E-state index in [-0.39, 0.29) is 5.82 Å². The Labute approximate surface area is 93.9 Å². The lowest BCUT2D eigenvalue weighted by atomic mass is 10.0. The van der Waals surface area contributed by atoms with Gasteiger partial charge in [-0.3, -0.25) is 4.98 Å². The summed E-state index contributed by atoms with van der Waals surface area (Å²) in [6.45, 7) is 2.04. The number of nitrogens with two attached hydrogens (primary N) is 1. The van der Waals surface area contributed by atoms with Crippen molar-refractivity contribution < 1.29 is 4.39 Å². The van der Waals surface area contributed by atoms with E-state index in [4.69, 9.17) is 5.73 Å². The summed E-state index contributed by atoms with van der Waals surface area (Å²) in [6.07, 6.45) is 3.71. The first-order valence-corrected chi connectivity index (χ1v) is 5.20. The number of nitrogen functional groups attached to an aromatic ring is 1. The molecule has 0 aliphatic rings. The van der Waals surface area contributed by atoms with Gasteiger partial charge in [-0.15, -0.1) is 0 Å². The minimum Gasteiger partial charge on any atom is -0.399 e. The first-order valence-electron chi connectivity index (χ1n) is 5.20. The van der Waals surface area contributed by atoms with E-state index in [9.17, 15) is 4.39 Å². The topological polar surface area (TPSA) is 38.9 Å². The van der Waals surface area contributed by atoms with Crippen molar-refractivity contribution in [2.45, 2.75) is 13.3 Å². The van der Waals surface area contributed by atoms with Crippen LogP contribution < -0.4 is 5.73 Å². The highest BCUT2D eigenvalue weighted by atomic mass is 19.1. The number of anilines is 1. The van der Waals surface area contributed by atoms with Gasteiger partial charge in [0.1, 0.15) is 5.82 Å². The molecule has 0 bridgehead atoms. The maximum absolute atomic E-state index is 13.0. The van der Waals surface area contributed by atoms with Crippen LogP contribution in [0.4, 0.5) is 10.1 Å². The van der Waals surface area contributed by atoms with Crippen LogP contribution in [0.25, 0.3) is 11.1 Å². The molecule has 0 atom stereocenters. The summed E-state index contributed by atoms with van der Waals surface area (Å²) in [5.74, 6) is -0.327. The number of rotatable bonds is 2. The molecular formula is C13H13FN2. The Balaban J connectivity index is 2.48. The van der Waals surface area contributed by atoms with Crippen molar-refractivity contribution in [1.82, 2.24) is 4.98 Å². The van der Waals surface area contributed by atoms with Crippen LogP contribution in [-0.4, -0.2) is 4.98 Å². The molecule has 0 aliphatic heterocycles. The molecule has 0 amide bonds. The van der Waals surface area contributed by atoms with E-state index in [0.29, 0.717) is 0 Å². The van der Waals surface area contributed by atoms with Crippen molar-refractivity contribution in [1.29, 1.82) is 0 Å². The van der Waals surface area contributed by atoms with Crippen LogP contribution in [0.15, 0.2) is 36.7 Å². The molecule has 1 aromatic heterocycles. The Bertz CT molecular complexity index is 509. The second-order valence-electron chi connectivity index (χ2n) is 3.66. The van der Waals surface area contributed by atoms with Crippen LogP contribution in [-0.2, 0) is 6.42 Å². The molecule has 0 spiro atoms. The normalized spacial score (nSPS) is 10.4. The summed E-state index contributed by atoms with van der Waals surface area (Å²) in [7, 11) is 0. The second-order valence-corrected chi connectivity index (χ2v) is 3.66. The van der Waals surface area contributed by atoms with Crippen molar-refractivity contribution in [3.63, 3.8) is 0 Å². The number of aromatic nitrogens is 1. The van der Waals surface area contributed by atoms with Crippen molar-refractivity contribution in [3.8, 4) is 11.1 Å². The molecular weight excluding hydrogens is 203 g/mol. The lowest BCUT2D eigenvalue weighted by molar-refractivity contribution is 0.622. The molecule has 0 aliphatic carbocycles. The third-order valence-corrected chi connectivity index (χ3v) is 2.56. The Morgan fingerprint density at radius 3 is 2.69 bits per heavy atom. The van der Waals surface area contributed by atoms with Crippen molar-refractivity contribution in [3.05, 3.63) is 48.0 Å². The van der Waals surface area contributed by atoms with Crippen LogP contribution in [0.3, 0.4) is 0 Å². The van der Waals surface area contributed by atoms with E-state index in [2.05, 4.69) is 4.98 Å². The fraction of sp³-hybridized carbons (Fsp3) is 0.154. The zero-order valence-corrected chi connectivity index (χ0v) is 9.07. The Hall–Kier alpha value is -1.90. The molecule has 3 heteroatoms. The van der Waals surface area contributed by atoms with Gasteiger partial charge in [0.2, 0.25) is 0 Å². The lowest BCUT2D eigenvalue weighted by Crippen LogP contribution is -1.93. The number of aryl methyl sites for hydroxylation is 1. The molecule has 1 aromatic carbocycles. The van der Waals surface area contributed by atoms with Gasteiger partial charge in [0.15, 0.2) is 0 Å². The molecule has 2 rings (SSSR count). The van der Waals surface area contributed by atoms with Gasteiger partial charge in [0.05, 0.1) is 6.20 Å². The fourth-order valence-electron chi connectivity index (χ4n) is 1.66. The first-order chi connectivity index (χ1) is 7.70. The standard InChI is InChI=1S/C13H13FN2/c1-2-9-5-10(3-4-13(9)15)11-6-12(14)8-16-7-11/h3-8H,2,15H2,1H3. The molecule has 0 unspecified atom stereocenters. The van der Waals surface area contributed by atoms with E-state index in [1.807, 2.05) is 25.1 Å². The number of benzene rings is 1. The van der Waals surface area contributed by atoms with E-state index < -0.39 is 0 Å². The van der Waals surface area contributed by atoms with Gasteiger partial charge in [-0.05, 0) is 35.7 Å². The highest BCUT2D eigenvalue weighted by Gasteiger charge is 2.03. The van der Waals surface area contributed by atoms with Crippen LogP contribution in [0.2, 0.25) is 0 Å². The number of pyridine rings is 1. The number of hydrogen-bond acceptors (Lipinski definition) is 2. The number of hydrogen-bond donors (Lipinski definition) is 1. The van der Waals surface area contributed by atoms with Crippen LogP contribution in [0, 0.1) is 5.82 Å². The summed E-state index contributed by atoms with van der Waals surface area (Å²) in [6, 6.07) is 7.17. The van der Waals surface area contributed by atoms with Gasteiger partial charge < -0.3 is 5.73 Å². The van der Waals surface area contributed by atoms with Crippen molar-refractivity contribution in [2.24, 2.45) is 0 Å². The zero-order valence-electron chi connectivity index (χ0n) is 9.07. The molecule has 2 nitrogen and oxygen atoms in total. The molecule has 0 fully saturated rings. The minimum atomic E-state index is -0.327. The van der Waals surface area contributed by atoms with E-state index in [1.54, 1.807) is 6.20 Å². The summed E-state index contributed by atoms with van der Waals surface area (Å²) >= 11 is 0.